The summed E-state index contributed by atoms with van der Waals surface area (Å²) in [6, 6.07) is 0. The van der Waals surface area contributed by atoms with Crippen molar-refractivity contribution in [3.8, 4) is 0 Å². The van der Waals surface area contributed by atoms with Crippen LogP contribution < -0.4 is 4.57 Å². The fraction of sp³-hybridized carbons (Fsp3) is 0.850. The van der Waals surface area contributed by atoms with Gasteiger partial charge in [0.25, 0.3) is 5.82 Å². The zero-order valence-corrected chi connectivity index (χ0v) is 15.4. The van der Waals surface area contributed by atoms with Crippen molar-refractivity contribution in [3.05, 3.63) is 18.2 Å². The van der Waals surface area contributed by atoms with Crippen LogP contribution in [0.15, 0.2) is 12.4 Å². The Kier molecular flexibility index (Phi) is 11.1. The molecule has 0 aliphatic heterocycles. The van der Waals surface area contributed by atoms with E-state index in [0.717, 1.165) is 0 Å². The molecule has 0 aromatic carbocycles. The van der Waals surface area contributed by atoms with Crippen molar-refractivity contribution < 1.29 is 4.57 Å². The summed E-state index contributed by atoms with van der Waals surface area (Å²) < 4.78 is 5.06. The molecule has 128 valence electrons. The summed E-state index contributed by atoms with van der Waals surface area (Å²) >= 11 is 0. The van der Waals surface area contributed by atoms with Crippen LogP contribution in [-0.4, -0.2) is 4.57 Å². The van der Waals surface area contributed by atoms with Crippen LogP contribution in [0.25, 0.3) is 0 Å². The molecule has 0 bridgehead atoms. The topological polar surface area (TPSA) is 8.81 Å². The van der Waals surface area contributed by atoms with Gasteiger partial charge >= 0.3 is 0 Å². The molecular weight excluding hydrogens is 268 g/mol. The van der Waals surface area contributed by atoms with Gasteiger partial charge in [0.05, 0.1) is 13.1 Å². The van der Waals surface area contributed by atoms with Crippen molar-refractivity contribution in [2.75, 3.05) is 0 Å². The largest absolute Gasteiger partial charge is 0.256 e. The van der Waals surface area contributed by atoms with Gasteiger partial charge in [-0.2, -0.15) is 0 Å². The molecule has 2 nitrogen and oxygen atoms in total. The smallest absolute Gasteiger partial charge is 0.234 e. The summed E-state index contributed by atoms with van der Waals surface area (Å²) in [6.45, 7) is 9.29. The minimum Gasteiger partial charge on any atom is -0.234 e. The molecule has 1 aromatic heterocycles. The Hall–Kier alpha value is -0.790. The number of aryl methyl sites for hydroxylation is 2. The summed E-state index contributed by atoms with van der Waals surface area (Å²) in [5.74, 6) is 1.57. The molecular formula is C20H39N2+. The van der Waals surface area contributed by atoms with E-state index < -0.39 is 0 Å². The Labute approximate surface area is 138 Å². The van der Waals surface area contributed by atoms with Gasteiger partial charge in [0.15, 0.2) is 0 Å². The van der Waals surface area contributed by atoms with Crippen LogP contribution in [0.1, 0.15) is 97.2 Å². The molecule has 1 heterocycles. The van der Waals surface area contributed by atoms with Crippen molar-refractivity contribution >= 4 is 0 Å². The van der Waals surface area contributed by atoms with Crippen LogP contribution in [0.5, 0.6) is 0 Å². The fourth-order valence-electron chi connectivity index (χ4n) is 3.14. The Morgan fingerprint density at radius 1 is 0.773 bits per heavy atom. The SMILES string of the molecule is CCCCCCc1n(CCCCCC)cc[n+]1CCCCC. The highest BCUT2D eigenvalue weighted by Gasteiger charge is 2.16. The second kappa shape index (κ2) is 12.7. The van der Waals surface area contributed by atoms with Gasteiger partial charge in [0, 0.05) is 6.42 Å². The Bertz CT molecular complexity index is 368. The lowest BCUT2D eigenvalue weighted by Crippen LogP contribution is -2.37. The third-order valence-corrected chi connectivity index (χ3v) is 4.60. The van der Waals surface area contributed by atoms with E-state index in [1.54, 1.807) is 5.82 Å². The highest BCUT2D eigenvalue weighted by Crippen LogP contribution is 2.09. The number of imidazole rings is 1. The third-order valence-electron chi connectivity index (χ3n) is 4.60. The summed E-state index contributed by atoms with van der Waals surface area (Å²) in [5.41, 5.74) is 0. The first kappa shape index (κ1) is 19.3. The van der Waals surface area contributed by atoms with Gasteiger partial charge in [-0.05, 0) is 32.1 Å². The van der Waals surface area contributed by atoms with Gasteiger partial charge < -0.3 is 0 Å². The first-order valence-electron chi connectivity index (χ1n) is 9.90. The van der Waals surface area contributed by atoms with Gasteiger partial charge in [-0.3, -0.25) is 0 Å². The summed E-state index contributed by atoms with van der Waals surface area (Å²) in [4.78, 5) is 0. The van der Waals surface area contributed by atoms with Crippen molar-refractivity contribution in [2.24, 2.45) is 0 Å². The van der Waals surface area contributed by atoms with Crippen LogP contribution in [0.3, 0.4) is 0 Å². The first-order chi connectivity index (χ1) is 10.8. The van der Waals surface area contributed by atoms with Gasteiger partial charge in [-0.25, -0.2) is 9.13 Å². The van der Waals surface area contributed by atoms with Crippen molar-refractivity contribution in [2.45, 2.75) is 111 Å². The second-order valence-electron chi connectivity index (χ2n) is 6.68. The van der Waals surface area contributed by atoms with E-state index in [2.05, 4.69) is 42.3 Å². The Morgan fingerprint density at radius 3 is 2.09 bits per heavy atom. The second-order valence-corrected chi connectivity index (χ2v) is 6.68. The van der Waals surface area contributed by atoms with Crippen LogP contribution in [0.2, 0.25) is 0 Å². The average molecular weight is 308 g/mol. The van der Waals surface area contributed by atoms with Crippen LogP contribution in [0, 0.1) is 0 Å². The lowest BCUT2D eigenvalue weighted by molar-refractivity contribution is -0.704. The third kappa shape index (κ3) is 7.47. The number of aromatic nitrogens is 2. The molecule has 0 fully saturated rings. The van der Waals surface area contributed by atoms with E-state index in [4.69, 9.17) is 0 Å². The molecule has 0 radical (unpaired) electrons. The van der Waals surface area contributed by atoms with E-state index in [9.17, 15) is 0 Å². The van der Waals surface area contributed by atoms with E-state index in [1.807, 2.05) is 0 Å². The number of hydrogen-bond donors (Lipinski definition) is 0. The number of nitrogens with zero attached hydrogens (tertiary/aromatic N) is 2. The van der Waals surface area contributed by atoms with E-state index in [0.29, 0.717) is 0 Å². The van der Waals surface area contributed by atoms with E-state index >= 15 is 0 Å². The molecule has 0 saturated carbocycles. The number of unbranched alkanes of at least 4 members (excludes halogenated alkanes) is 8. The van der Waals surface area contributed by atoms with E-state index in [-0.39, 0.29) is 0 Å². The summed E-state index contributed by atoms with van der Waals surface area (Å²) in [6.07, 6.45) is 20.7. The quantitative estimate of drug-likeness (QED) is 0.309. The van der Waals surface area contributed by atoms with Crippen LogP contribution >= 0.6 is 0 Å². The summed E-state index contributed by atoms with van der Waals surface area (Å²) in [7, 11) is 0. The molecule has 0 atom stereocenters. The highest BCUT2D eigenvalue weighted by molar-refractivity contribution is 4.84. The molecule has 1 rings (SSSR count). The first-order valence-corrected chi connectivity index (χ1v) is 9.90. The molecule has 1 aromatic rings. The Morgan fingerprint density at radius 2 is 1.41 bits per heavy atom. The molecule has 0 spiro atoms. The van der Waals surface area contributed by atoms with Gasteiger partial charge in [-0.15, -0.1) is 0 Å². The summed E-state index contributed by atoms with van der Waals surface area (Å²) in [5, 5.41) is 0. The van der Waals surface area contributed by atoms with Gasteiger partial charge in [0.1, 0.15) is 12.4 Å². The molecule has 0 saturated heterocycles. The molecule has 22 heavy (non-hydrogen) atoms. The number of hydrogen-bond acceptors (Lipinski definition) is 0. The monoisotopic (exact) mass is 307 g/mol. The van der Waals surface area contributed by atoms with Crippen molar-refractivity contribution in [1.82, 2.24) is 4.57 Å². The van der Waals surface area contributed by atoms with Crippen LogP contribution in [-0.2, 0) is 19.5 Å². The minimum absolute atomic E-state index is 1.21. The predicted octanol–water partition coefficient (Wildman–Crippen LogP) is 5.67. The zero-order chi connectivity index (χ0) is 16.0. The predicted molar refractivity (Wildman–Crippen MR) is 96.1 cm³/mol. The normalized spacial score (nSPS) is 11.2. The average Bonchev–Trinajstić information content (AvgIpc) is 2.91. The lowest BCUT2D eigenvalue weighted by atomic mass is 10.1. The molecule has 2 heteroatoms. The lowest BCUT2D eigenvalue weighted by Gasteiger charge is -2.06. The zero-order valence-electron chi connectivity index (χ0n) is 15.4. The van der Waals surface area contributed by atoms with Gasteiger partial charge in [-0.1, -0.05) is 59.3 Å². The fourth-order valence-corrected chi connectivity index (χ4v) is 3.14. The van der Waals surface area contributed by atoms with Crippen molar-refractivity contribution in [1.29, 1.82) is 0 Å². The molecule has 0 unspecified atom stereocenters. The highest BCUT2D eigenvalue weighted by atomic mass is 15.1. The molecule has 0 aliphatic rings. The van der Waals surface area contributed by atoms with Crippen molar-refractivity contribution in [3.63, 3.8) is 0 Å². The molecule has 0 N–H and O–H groups in total. The van der Waals surface area contributed by atoms with E-state index in [1.165, 1.54) is 90.1 Å². The number of rotatable bonds is 14. The molecule has 0 aliphatic carbocycles. The maximum absolute atomic E-state index is 2.54. The molecule has 0 amide bonds. The maximum Gasteiger partial charge on any atom is 0.256 e. The van der Waals surface area contributed by atoms with Crippen LogP contribution in [0.4, 0.5) is 0 Å². The maximum atomic E-state index is 2.54. The standard InChI is InChI=1S/C20H39N2/c1-4-7-10-12-15-20-21(16-13-9-6-3)18-19-22(20)17-14-11-8-5-2/h18-19H,4-17H2,1-3H3/q+1. The van der Waals surface area contributed by atoms with Gasteiger partial charge in [0.2, 0.25) is 0 Å². The Balaban J connectivity index is 2.55. The minimum atomic E-state index is 1.21.